The SMILES string of the molecule is CC(CNC(=O)NC(C)c1ccsc1)CC(=O)O. The Hall–Kier alpha value is -1.56. The lowest BCUT2D eigenvalue weighted by Gasteiger charge is -2.15. The fourth-order valence-corrected chi connectivity index (χ4v) is 2.24. The largest absolute Gasteiger partial charge is 0.481 e. The first-order valence-electron chi connectivity index (χ1n) is 5.77. The van der Waals surface area contributed by atoms with Crippen LogP contribution in [0.5, 0.6) is 0 Å². The van der Waals surface area contributed by atoms with Crippen LogP contribution in [0.4, 0.5) is 4.79 Å². The van der Waals surface area contributed by atoms with E-state index < -0.39 is 5.97 Å². The third-order valence-electron chi connectivity index (χ3n) is 2.52. The van der Waals surface area contributed by atoms with Gasteiger partial charge in [-0.25, -0.2) is 4.79 Å². The minimum absolute atomic E-state index is 0.0500. The molecule has 100 valence electrons. The molecule has 0 aliphatic rings. The minimum atomic E-state index is -0.851. The van der Waals surface area contributed by atoms with Crippen LogP contribution in [-0.4, -0.2) is 23.7 Å². The summed E-state index contributed by atoms with van der Waals surface area (Å²) in [6, 6.07) is 1.64. The molecule has 0 radical (unpaired) electrons. The van der Waals surface area contributed by atoms with Gasteiger partial charge in [-0.15, -0.1) is 0 Å². The first-order valence-corrected chi connectivity index (χ1v) is 6.71. The Morgan fingerprint density at radius 2 is 2.17 bits per heavy atom. The molecule has 18 heavy (non-hydrogen) atoms. The van der Waals surface area contributed by atoms with E-state index in [0.29, 0.717) is 6.54 Å². The van der Waals surface area contributed by atoms with Crippen LogP contribution >= 0.6 is 11.3 Å². The van der Waals surface area contributed by atoms with Crippen LogP contribution in [0, 0.1) is 5.92 Å². The van der Waals surface area contributed by atoms with E-state index in [9.17, 15) is 9.59 Å². The molecular weight excluding hydrogens is 252 g/mol. The summed E-state index contributed by atoms with van der Waals surface area (Å²) in [6.45, 7) is 4.05. The van der Waals surface area contributed by atoms with Gasteiger partial charge in [0.05, 0.1) is 6.04 Å². The monoisotopic (exact) mass is 270 g/mol. The third-order valence-corrected chi connectivity index (χ3v) is 3.23. The van der Waals surface area contributed by atoms with E-state index in [1.54, 1.807) is 18.3 Å². The van der Waals surface area contributed by atoms with Crippen LogP contribution in [0.15, 0.2) is 16.8 Å². The highest BCUT2D eigenvalue weighted by Gasteiger charge is 2.12. The number of hydrogen-bond acceptors (Lipinski definition) is 3. The Morgan fingerprint density at radius 1 is 1.44 bits per heavy atom. The van der Waals surface area contributed by atoms with Gasteiger partial charge in [0.25, 0.3) is 0 Å². The Kier molecular flexibility index (Phi) is 5.64. The number of carboxylic acid groups (broad SMARTS) is 1. The van der Waals surface area contributed by atoms with Gasteiger partial charge in [-0.1, -0.05) is 6.92 Å². The molecule has 0 spiro atoms. The van der Waals surface area contributed by atoms with Crippen molar-refractivity contribution < 1.29 is 14.7 Å². The zero-order valence-corrected chi connectivity index (χ0v) is 11.3. The lowest BCUT2D eigenvalue weighted by Crippen LogP contribution is -2.39. The molecule has 5 nitrogen and oxygen atoms in total. The molecule has 1 aromatic heterocycles. The van der Waals surface area contributed by atoms with Gasteiger partial charge in [0, 0.05) is 13.0 Å². The molecule has 3 N–H and O–H groups in total. The van der Waals surface area contributed by atoms with Gasteiger partial charge in [-0.2, -0.15) is 11.3 Å². The van der Waals surface area contributed by atoms with Crippen molar-refractivity contribution >= 4 is 23.3 Å². The summed E-state index contributed by atoms with van der Waals surface area (Å²) >= 11 is 1.58. The second-order valence-electron chi connectivity index (χ2n) is 4.34. The van der Waals surface area contributed by atoms with Crippen LogP contribution in [0.3, 0.4) is 0 Å². The number of carboxylic acids is 1. The molecule has 2 atom stereocenters. The predicted octanol–water partition coefficient (Wildman–Crippen LogP) is 2.22. The van der Waals surface area contributed by atoms with E-state index in [-0.39, 0.29) is 24.4 Å². The standard InChI is InChI=1S/C12H18N2O3S/c1-8(5-11(15)16)6-13-12(17)14-9(2)10-3-4-18-7-10/h3-4,7-9H,5-6H2,1-2H3,(H,15,16)(H2,13,14,17). The number of hydrogen-bond donors (Lipinski definition) is 3. The molecule has 1 rings (SSSR count). The van der Waals surface area contributed by atoms with Crippen molar-refractivity contribution in [2.24, 2.45) is 5.92 Å². The summed E-state index contributed by atoms with van der Waals surface area (Å²) in [5.74, 6) is -0.930. The molecule has 1 aromatic rings. The maximum Gasteiger partial charge on any atom is 0.315 e. The summed E-state index contributed by atoms with van der Waals surface area (Å²) in [6.07, 6.45) is 0.0559. The number of carbonyl (C=O) groups is 2. The third kappa shape index (κ3) is 5.18. The number of amides is 2. The molecule has 2 unspecified atom stereocenters. The van der Waals surface area contributed by atoms with Crippen molar-refractivity contribution in [1.82, 2.24) is 10.6 Å². The number of carbonyl (C=O) groups excluding carboxylic acids is 1. The van der Waals surface area contributed by atoms with Gasteiger partial charge in [0.15, 0.2) is 0 Å². The second kappa shape index (κ2) is 7.00. The van der Waals surface area contributed by atoms with Gasteiger partial charge in [-0.05, 0) is 35.2 Å². The Labute approximate surface area is 110 Å². The highest BCUT2D eigenvalue weighted by Crippen LogP contribution is 2.15. The Balaban J connectivity index is 2.27. The average Bonchev–Trinajstić information content (AvgIpc) is 2.78. The number of rotatable bonds is 6. The predicted molar refractivity (Wildman–Crippen MR) is 70.7 cm³/mol. The summed E-state index contributed by atoms with van der Waals surface area (Å²) in [5.41, 5.74) is 1.06. The maximum absolute atomic E-state index is 11.6. The zero-order valence-electron chi connectivity index (χ0n) is 10.5. The Bertz CT molecular complexity index is 392. The molecule has 6 heteroatoms. The van der Waals surface area contributed by atoms with Crippen molar-refractivity contribution in [3.8, 4) is 0 Å². The lowest BCUT2D eigenvalue weighted by atomic mass is 10.1. The maximum atomic E-state index is 11.6. The fraction of sp³-hybridized carbons (Fsp3) is 0.500. The average molecular weight is 270 g/mol. The smallest absolute Gasteiger partial charge is 0.315 e. The quantitative estimate of drug-likeness (QED) is 0.741. The molecule has 0 bridgehead atoms. The second-order valence-corrected chi connectivity index (χ2v) is 5.12. The van der Waals surface area contributed by atoms with Crippen LogP contribution in [-0.2, 0) is 4.79 Å². The molecule has 0 saturated carbocycles. The molecule has 0 aliphatic heterocycles. The van der Waals surface area contributed by atoms with Crippen LogP contribution in [0.25, 0.3) is 0 Å². The van der Waals surface area contributed by atoms with E-state index in [1.807, 2.05) is 23.8 Å². The molecule has 0 fully saturated rings. The highest BCUT2D eigenvalue weighted by atomic mass is 32.1. The summed E-state index contributed by atoms with van der Waals surface area (Å²) in [7, 11) is 0. The molecule has 0 aromatic carbocycles. The van der Waals surface area contributed by atoms with Gasteiger partial charge in [0.1, 0.15) is 0 Å². The van der Waals surface area contributed by atoms with Crippen molar-refractivity contribution in [1.29, 1.82) is 0 Å². The lowest BCUT2D eigenvalue weighted by molar-refractivity contribution is -0.137. The number of aliphatic carboxylic acids is 1. The van der Waals surface area contributed by atoms with E-state index in [4.69, 9.17) is 5.11 Å². The molecule has 0 saturated heterocycles. The normalized spacial score (nSPS) is 13.7. The summed E-state index contributed by atoms with van der Waals surface area (Å²) in [5, 5.41) is 18.0. The fourth-order valence-electron chi connectivity index (χ4n) is 1.49. The minimum Gasteiger partial charge on any atom is -0.481 e. The van der Waals surface area contributed by atoms with Crippen molar-refractivity contribution in [2.75, 3.05) is 6.54 Å². The van der Waals surface area contributed by atoms with Crippen LogP contribution < -0.4 is 10.6 Å². The van der Waals surface area contributed by atoms with Crippen molar-refractivity contribution in [3.05, 3.63) is 22.4 Å². The molecule has 1 heterocycles. The van der Waals surface area contributed by atoms with E-state index >= 15 is 0 Å². The van der Waals surface area contributed by atoms with Crippen LogP contribution in [0.1, 0.15) is 31.9 Å². The number of thiophene rings is 1. The van der Waals surface area contributed by atoms with E-state index in [2.05, 4.69) is 10.6 Å². The topological polar surface area (TPSA) is 78.4 Å². The number of nitrogens with one attached hydrogen (secondary N) is 2. The van der Waals surface area contributed by atoms with E-state index in [0.717, 1.165) is 5.56 Å². The van der Waals surface area contributed by atoms with Gasteiger partial charge >= 0.3 is 12.0 Å². The molecular formula is C12H18N2O3S. The van der Waals surface area contributed by atoms with Gasteiger partial charge < -0.3 is 15.7 Å². The number of urea groups is 1. The zero-order chi connectivity index (χ0) is 13.5. The van der Waals surface area contributed by atoms with Crippen LogP contribution in [0.2, 0.25) is 0 Å². The Morgan fingerprint density at radius 3 is 2.72 bits per heavy atom. The molecule has 0 aliphatic carbocycles. The highest BCUT2D eigenvalue weighted by molar-refractivity contribution is 7.07. The van der Waals surface area contributed by atoms with E-state index in [1.165, 1.54) is 0 Å². The van der Waals surface area contributed by atoms with Crippen molar-refractivity contribution in [2.45, 2.75) is 26.3 Å². The first kappa shape index (κ1) is 14.5. The summed E-state index contributed by atoms with van der Waals surface area (Å²) < 4.78 is 0. The van der Waals surface area contributed by atoms with Gasteiger partial charge in [-0.3, -0.25) is 4.79 Å². The molecule has 2 amide bonds. The first-order chi connectivity index (χ1) is 8.49. The summed E-state index contributed by atoms with van der Waals surface area (Å²) in [4.78, 5) is 22.0. The van der Waals surface area contributed by atoms with Gasteiger partial charge in [0.2, 0.25) is 0 Å². The van der Waals surface area contributed by atoms with Crippen molar-refractivity contribution in [3.63, 3.8) is 0 Å².